The summed E-state index contributed by atoms with van der Waals surface area (Å²) in [6.07, 6.45) is 3.48. The lowest BCUT2D eigenvalue weighted by Crippen LogP contribution is -2.51. The summed E-state index contributed by atoms with van der Waals surface area (Å²) in [6.45, 7) is 6.72. The maximum atomic E-state index is 12.4. The number of carbonyl (C=O) groups is 2. The molecule has 0 spiro atoms. The first-order valence-electron chi connectivity index (χ1n) is 10.9. The first-order valence-corrected chi connectivity index (χ1v) is 10.9. The van der Waals surface area contributed by atoms with Crippen molar-refractivity contribution in [2.75, 3.05) is 38.1 Å². The average Bonchev–Trinajstić information content (AvgIpc) is 2.99. The molecule has 0 saturated carbocycles. The lowest BCUT2D eigenvalue weighted by Gasteiger charge is -2.35. The van der Waals surface area contributed by atoms with Crippen LogP contribution in [0.5, 0.6) is 0 Å². The van der Waals surface area contributed by atoms with Crippen molar-refractivity contribution in [3.8, 4) is 0 Å². The van der Waals surface area contributed by atoms with Gasteiger partial charge in [0.15, 0.2) is 5.96 Å². The zero-order valence-electron chi connectivity index (χ0n) is 18.3. The molecule has 0 aliphatic carbocycles. The van der Waals surface area contributed by atoms with Crippen LogP contribution in [0.1, 0.15) is 39.5 Å². The predicted molar refractivity (Wildman–Crippen MR) is 120 cm³/mol. The number of piperidine rings is 1. The maximum Gasteiger partial charge on any atom is 0.325 e. The molecule has 0 bridgehead atoms. The van der Waals surface area contributed by atoms with Gasteiger partial charge in [0.25, 0.3) is 5.91 Å². The largest absolute Gasteiger partial charge is 0.369 e. The predicted octanol–water partition coefficient (Wildman–Crippen LogP) is 1.93. The monoisotopic (exact) mass is 414 g/mol. The van der Waals surface area contributed by atoms with Gasteiger partial charge in [-0.05, 0) is 44.7 Å². The van der Waals surface area contributed by atoms with E-state index in [1.807, 2.05) is 13.0 Å². The van der Waals surface area contributed by atoms with Crippen LogP contribution in [0, 0.1) is 0 Å². The zero-order chi connectivity index (χ0) is 21.6. The third-order valence-electron chi connectivity index (χ3n) is 6.01. The number of hydrogen-bond acceptors (Lipinski definition) is 4. The van der Waals surface area contributed by atoms with Crippen LogP contribution in [-0.4, -0.2) is 67.6 Å². The smallest absolute Gasteiger partial charge is 0.325 e. The zero-order valence-corrected chi connectivity index (χ0v) is 18.3. The van der Waals surface area contributed by atoms with Gasteiger partial charge < -0.3 is 20.9 Å². The number of nitrogens with one attached hydrogen (secondary N) is 3. The van der Waals surface area contributed by atoms with Crippen molar-refractivity contribution in [3.05, 3.63) is 30.3 Å². The van der Waals surface area contributed by atoms with E-state index >= 15 is 0 Å². The van der Waals surface area contributed by atoms with Gasteiger partial charge in [-0.15, -0.1) is 0 Å². The van der Waals surface area contributed by atoms with Crippen molar-refractivity contribution < 1.29 is 9.59 Å². The van der Waals surface area contributed by atoms with Gasteiger partial charge in [0.2, 0.25) is 0 Å². The summed E-state index contributed by atoms with van der Waals surface area (Å²) >= 11 is 0. The van der Waals surface area contributed by atoms with Crippen molar-refractivity contribution in [2.45, 2.75) is 51.1 Å². The van der Waals surface area contributed by atoms with E-state index in [9.17, 15) is 9.59 Å². The van der Waals surface area contributed by atoms with E-state index in [1.54, 1.807) is 14.0 Å². The Kier molecular flexibility index (Phi) is 7.18. The maximum absolute atomic E-state index is 12.4. The molecule has 3 rings (SSSR count). The van der Waals surface area contributed by atoms with E-state index in [0.29, 0.717) is 32.0 Å². The van der Waals surface area contributed by atoms with Crippen molar-refractivity contribution in [1.29, 1.82) is 0 Å². The molecule has 1 aromatic rings. The lowest BCUT2D eigenvalue weighted by atomic mass is 9.99. The highest BCUT2D eigenvalue weighted by Crippen LogP contribution is 2.21. The lowest BCUT2D eigenvalue weighted by molar-refractivity contribution is -0.130. The molecule has 2 atom stereocenters. The topological polar surface area (TPSA) is 89.1 Å². The van der Waals surface area contributed by atoms with Crippen LogP contribution in [0.25, 0.3) is 0 Å². The number of carbonyl (C=O) groups excluding carboxylic acids is 2. The second-order valence-corrected chi connectivity index (χ2v) is 8.19. The Morgan fingerprint density at radius 3 is 2.73 bits per heavy atom. The van der Waals surface area contributed by atoms with Gasteiger partial charge in [-0.2, -0.15) is 0 Å². The van der Waals surface area contributed by atoms with E-state index in [-0.39, 0.29) is 11.9 Å². The van der Waals surface area contributed by atoms with E-state index in [1.165, 1.54) is 10.6 Å². The molecule has 3 amide bonds. The normalized spacial score (nSPS) is 24.8. The van der Waals surface area contributed by atoms with Crippen molar-refractivity contribution in [3.63, 3.8) is 0 Å². The number of anilines is 1. The minimum absolute atomic E-state index is 0.138. The van der Waals surface area contributed by atoms with Crippen molar-refractivity contribution in [2.24, 2.45) is 4.99 Å². The minimum atomic E-state index is -0.770. The van der Waals surface area contributed by atoms with E-state index in [0.717, 1.165) is 31.9 Å². The van der Waals surface area contributed by atoms with E-state index in [4.69, 9.17) is 0 Å². The molecule has 2 fully saturated rings. The molecule has 2 saturated heterocycles. The van der Waals surface area contributed by atoms with Gasteiger partial charge in [-0.25, -0.2) is 4.79 Å². The van der Waals surface area contributed by atoms with Crippen molar-refractivity contribution >= 4 is 23.6 Å². The Morgan fingerprint density at radius 2 is 2.07 bits per heavy atom. The number of guanidine groups is 1. The van der Waals surface area contributed by atoms with Crippen LogP contribution in [0.2, 0.25) is 0 Å². The average molecular weight is 415 g/mol. The van der Waals surface area contributed by atoms with Crippen LogP contribution in [0.3, 0.4) is 0 Å². The molecule has 0 radical (unpaired) electrons. The van der Waals surface area contributed by atoms with Crippen LogP contribution >= 0.6 is 0 Å². The fourth-order valence-electron chi connectivity index (χ4n) is 3.99. The summed E-state index contributed by atoms with van der Waals surface area (Å²) in [5.74, 6) is 0.617. The van der Waals surface area contributed by atoms with Crippen LogP contribution < -0.4 is 20.9 Å². The van der Waals surface area contributed by atoms with Gasteiger partial charge in [0.05, 0.1) is 0 Å². The van der Waals surface area contributed by atoms with Gasteiger partial charge in [-0.1, -0.05) is 25.1 Å². The molecule has 2 aliphatic rings. The third-order valence-corrected chi connectivity index (χ3v) is 6.01. The fraction of sp³-hybridized carbons (Fsp3) is 0.591. The Bertz CT molecular complexity index is 768. The van der Waals surface area contributed by atoms with E-state index < -0.39 is 5.54 Å². The molecule has 3 N–H and O–H groups in total. The second kappa shape index (κ2) is 9.82. The molecule has 2 unspecified atom stereocenters. The van der Waals surface area contributed by atoms with Gasteiger partial charge in [0.1, 0.15) is 5.54 Å². The van der Waals surface area contributed by atoms with Gasteiger partial charge in [0, 0.05) is 45.0 Å². The quantitative estimate of drug-likeness (QED) is 0.275. The van der Waals surface area contributed by atoms with Gasteiger partial charge >= 0.3 is 6.03 Å². The molecule has 2 aliphatic heterocycles. The molecule has 2 heterocycles. The highest BCUT2D eigenvalue weighted by molar-refractivity contribution is 6.06. The molecular formula is C22H34N6O2. The minimum Gasteiger partial charge on any atom is -0.369 e. The molecule has 1 aromatic carbocycles. The summed E-state index contributed by atoms with van der Waals surface area (Å²) in [4.78, 5) is 32.6. The number of benzene rings is 1. The van der Waals surface area contributed by atoms with Crippen molar-refractivity contribution in [1.82, 2.24) is 20.9 Å². The molecule has 8 heteroatoms. The standard InChI is InChI=1S/C22H34N6O2/c1-4-22(2)19(29)28(21(30)26-22)15-9-13-24-20(23-3)25-17-10-8-14-27(16-17)18-11-6-5-7-12-18/h5-7,11-12,17H,4,8-10,13-16H2,1-3H3,(H,26,30)(H2,23,24,25). The summed E-state index contributed by atoms with van der Waals surface area (Å²) in [7, 11) is 1.76. The number of para-hydroxylation sites is 1. The summed E-state index contributed by atoms with van der Waals surface area (Å²) in [5, 5.41) is 9.61. The SMILES string of the molecule is CCC1(C)NC(=O)N(CCCNC(=NC)NC2CCCN(c3ccccc3)C2)C1=O. The number of urea groups is 1. The van der Waals surface area contributed by atoms with Gasteiger partial charge in [-0.3, -0.25) is 14.7 Å². The molecule has 0 aromatic heterocycles. The summed E-state index contributed by atoms with van der Waals surface area (Å²) in [5.41, 5.74) is 0.479. The third kappa shape index (κ3) is 5.04. The first kappa shape index (κ1) is 21.9. The first-order chi connectivity index (χ1) is 14.5. The Balaban J connectivity index is 1.43. The van der Waals surface area contributed by atoms with Crippen LogP contribution in [-0.2, 0) is 4.79 Å². The summed E-state index contributed by atoms with van der Waals surface area (Å²) < 4.78 is 0. The second-order valence-electron chi connectivity index (χ2n) is 8.19. The summed E-state index contributed by atoms with van der Waals surface area (Å²) in [6, 6.07) is 10.5. The molecule has 30 heavy (non-hydrogen) atoms. The fourth-order valence-corrected chi connectivity index (χ4v) is 3.99. The van der Waals surface area contributed by atoms with Crippen LogP contribution in [0.15, 0.2) is 35.3 Å². The Hall–Kier alpha value is -2.77. The number of hydrogen-bond donors (Lipinski definition) is 3. The Labute approximate surface area is 179 Å². The number of imide groups is 1. The molecule has 8 nitrogen and oxygen atoms in total. The molecule has 164 valence electrons. The number of rotatable bonds is 7. The van der Waals surface area contributed by atoms with Crippen LogP contribution in [0.4, 0.5) is 10.5 Å². The number of amides is 3. The number of aliphatic imine (C=N–C) groups is 1. The molecular weight excluding hydrogens is 380 g/mol. The highest BCUT2D eigenvalue weighted by Gasteiger charge is 2.45. The Morgan fingerprint density at radius 1 is 1.30 bits per heavy atom. The highest BCUT2D eigenvalue weighted by atomic mass is 16.2. The number of nitrogens with zero attached hydrogens (tertiary/aromatic N) is 3. The van der Waals surface area contributed by atoms with E-state index in [2.05, 4.69) is 50.1 Å².